The molecule has 1 atom stereocenters. The van der Waals surface area contributed by atoms with E-state index in [0.717, 1.165) is 24.9 Å². The predicted octanol–water partition coefficient (Wildman–Crippen LogP) is 2.79. The molecule has 0 heterocycles. The highest BCUT2D eigenvalue weighted by Crippen LogP contribution is 2.28. The average Bonchev–Trinajstić information content (AvgIpc) is 3.03. The lowest BCUT2D eigenvalue weighted by molar-refractivity contribution is -0.146. The van der Waals surface area contributed by atoms with Crippen LogP contribution in [0.1, 0.15) is 37.4 Å². The van der Waals surface area contributed by atoms with E-state index < -0.39 is 6.10 Å². The highest BCUT2D eigenvalue weighted by Gasteiger charge is 2.28. The van der Waals surface area contributed by atoms with Crippen molar-refractivity contribution in [1.29, 1.82) is 0 Å². The van der Waals surface area contributed by atoms with E-state index in [9.17, 15) is 4.79 Å². The summed E-state index contributed by atoms with van der Waals surface area (Å²) in [6.07, 6.45) is 4.28. The van der Waals surface area contributed by atoms with Gasteiger partial charge in [-0.05, 0) is 25.5 Å². The topological polar surface area (TPSA) is 41.6 Å². The highest BCUT2D eigenvalue weighted by molar-refractivity contribution is 5.85. The number of halogens is 1. The molecule has 4 nitrogen and oxygen atoms in total. The second kappa shape index (κ2) is 9.82. The minimum absolute atomic E-state index is 0. The molecule has 5 heteroatoms. The van der Waals surface area contributed by atoms with Gasteiger partial charge in [-0.1, -0.05) is 43.2 Å². The first-order valence-electron chi connectivity index (χ1n) is 7.82. The van der Waals surface area contributed by atoms with Gasteiger partial charge in [0, 0.05) is 20.1 Å². The van der Waals surface area contributed by atoms with E-state index in [2.05, 4.69) is 5.32 Å². The van der Waals surface area contributed by atoms with Gasteiger partial charge >= 0.3 is 0 Å². The maximum absolute atomic E-state index is 12.7. The SMILES string of the molecule is CNCCN(C)C(=O)C(OC1CCCC1)c1ccccc1.Cl. The average molecular weight is 327 g/mol. The molecule has 1 aliphatic carbocycles. The van der Waals surface area contributed by atoms with Gasteiger partial charge in [-0.3, -0.25) is 4.79 Å². The molecule has 1 fully saturated rings. The number of likely N-dealkylation sites (N-methyl/N-ethyl adjacent to an activating group) is 2. The van der Waals surface area contributed by atoms with Crippen molar-refractivity contribution in [3.63, 3.8) is 0 Å². The number of rotatable bonds is 7. The molecular weight excluding hydrogens is 300 g/mol. The third-order valence-electron chi connectivity index (χ3n) is 4.03. The Bertz CT molecular complexity index is 436. The lowest BCUT2D eigenvalue weighted by atomic mass is 10.1. The van der Waals surface area contributed by atoms with Crippen molar-refractivity contribution in [2.24, 2.45) is 0 Å². The Kier molecular flexibility index (Phi) is 8.46. The molecule has 0 radical (unpaired) electrons. The molecule has 22 heavy (non-hydrogen) atoms. The van der Waals surface area contributed by atoms with Crippen molar-refractivity contribution in [3.8, 4) is 0 Å². The van der Waals surface area contributed by atoms with Crippen molar-refractivity contribution in [2.45, 2.75) is 37.9 Å². The summed E-state index contributed by atoms with van der Waals surface area (Å²) in [6, 6.07) is 9.83. The standard InChI is InChI=1S/C17H26N2O2.ClH/c1-18-12-13-19(2)17(20)16(14-8-4-3-5-9-14)21-15-10-6-7-11-15;/h3-5,8-9,15-16,18H,6-7,10-13H2,1-2H3;1H. The largest absolute Gasteiger partial charge is 0.360 e. The fourth-order valence-electron chi connectivity index (χ4n) is 2.71. The number of ether oxygens (including phenoxy) is 1. The minimum atomic E-state index is -0.476. The van der Waals surface area contributed by atoms with Crippen LogP contribution < -0.4 is 5.32 Å². The fourth-order valence-corrected chi connectivity index (χ4v) is 2.71. The molecule has 124 valence electrons. The lowest BCUT2D eigenvalue weighted by Crippen LogP contribution is -2.38. The van der Waals surface area contributed by atoms with E-state index in [1.165, 1.54) is 12.8 Å². The second-order valence-corrected chi connectivity index (χ2v) is 5.70. The third-order valence-corrected chi connectivity index (χ3v) is 4.03. The van der Waals surface area contributed by atoms with Crippen LogP contribution in [-0.2, 0) is 9.53 Å². The molecule has 0 aliphatic heterocycles. The lowest BCUT2D eigenvalue weighted by Gasteiger charge is -2.26. The van der Waals surface area contributed by atoms with Crippen LogP contribution in [0.5, 0.6) is 0 Å². The number of carbonyl (C=O) groups excluding carboxylic acids is 1. The molecular formula is C17H27ClN2O2. The smallest absolute Gasteiger partial charge is 0.256 e. The summed E-state index contributed by atoms with van der Waals surface area (Å²) in [7, 11) is 3.73. The fraction of sp³-hybridized carbons (Fsp3) is 0.588. The molecule has 1 unspecified atom stereocenters. The van der Waals surface area contributed by atoms with Crippen LogP contribution in [0.2, 0.25) is 0 Å². The first-order valence-corrected chi connectivity index (χ1v) is 7.82. The molecule has 1 aliphatic rings. The number of benzene rings is 1. The summed E-state index contributed by atoms with van der Waals surface area (Å²) in [6.45, 7) is 1.47. The van der Waals surface area contributed by atoms with Crippen LogP contribution in [0, 0.1) is 0 Å². The van der Waals surface area contributed by atoms with E-state index in [1.807, 2.05) is 44.4 Å². The van der Waals surface area contributed by atoms with E-state index in [0.29, 0.717) is 6.54 Å². The van der Waals surface area contributed by atoms with Gasteiger partial charge in [0.05, 0.1) is 6.10 Å². The first-order chi connectivity index (χ1) is 10.2. The number of nitrogens with zero attached hydrogens (tertiary/aromatic N) is 1. The normalized spacial score (nSPS) is 16.1. The van der Waals surface area contributed by atoms with Gasteiger partial charge in [-0.25, -0.2) is 0 Å². The maximum Gasteiger partial charge on any atom is 0.256 e. The number of hydrogen-bond donors (Lipinski definition) is 1. The molecule has 0 aromatic heterocycles. The third kappa shape index (κ3) is 5.27. The second-order valence-electron chi connectivity index (χ2n) is 5.70. The van der Waals surface area contributed by atoms with Crippen LogP contribution >= 0.6 is 12.4 Å². The number of nitrogens with one attached hydrogen (secondary N) is 1. The first kappa shape index (κ1) is 18.9. The summed E-state index contributed by atoms with van der Waals surface area (Å²) in [5.41, 5.74) is 0.950. The molecule has 0 spiro atoms. The summed E-state index contributed by atoms with van der Waals surface area (Å²) in [5, 5.41) is 3.07. The number of carbonyl (C=O) groups is 1. The Morgan fingerprint density at radius 1 is 1.32 bits per heavy atom. The summed E-state index contributed by atoms with van der Waals surface area (Å²) in [5.74, 6) is 0.0448. The van der Waals surface area contributed by atoms with Crippen LogP contribution in [-0.4, -0.2) is 44.1 Å². The molecule has 1 amide bonds. The van der Waals surface area contributed by atoms with Crippen LogP contribution in [0.15, 0.2) is 30.3 Å². The Labute approximate surface area is 139 Å². The van der Waals surface area contributed by atoms with Gasteiger partial charge in [0.1, 0.15) is 0 Å². The monoisotopic (exact) mass is 326 g/mol. The number of amides is 1. The van der Waals surface area contributed by atoms with E-state index >= 15 is 0 Å². The van der Waals surface area contributed by atoms with Crippen molar-refractivity contribution in [3.05, 3.63) is 35.9 Å². The molecule has 1 aromatic rings. The minimum Gasteiger partial charge on any atom is -0.360 e. The van der Waals surface area contributed by atoms with Crippen LogP contribution in [0.3, 0.4) is 0 Å². The summed E-state index contributed by atoms with van der Waals surface area (Å²) >= 11 is 0. The zero-order chi connectivity index (χ0) is 15.1. The molecule has 0 bridgehead atoms. The Morgan fingerprint density at radius 2 is 1.95 bits per heavy atom. The maximum atomic E-state index is 12.7. The Hall–Kier alpha value is -1.10. The van der Waals surface area contributed by atoms with Crippen molar-refractivity contribution < 1.29 is 9.53 Å². The molecule has 0 saturated heterocycles. The molecule has 1 saturated carbocycles. The molecule has 1 N–H and O–H groups in total. The zero-order valence-electron chi connectivity index (χ0n) is 13.5. The van der Waals surface area contributed by atoms with Gasteiger partial charge in [-0.2, -0.15) is 0 Å². The van der Waals surface area contributed by atoms with Crippen LogP contribution in [0.25, 0.3) is 0 Å². The predicted molar refractivity (Wildman–Crippen MR) is 91.3 cm³/mol. The van der Waals surface area contributed by atoms with Crippen molar-refractivity contribution >= 4 is 18.3 Å². The quantitative estimate of drug-likeness (QED) is 0.837. The Balaban J connectivity index is 0.00000242. The van der Waals surface area contributed by atoms with E-state index in [1.54, 1.807) is 4.90 Å². The zero-order valence-corrected chi connectivity index (χ0v) is 14.3. The highest BCUT2D eigenvalue weighted by atomic mass is 35.5. The van der Waals surface area contributed by atoms with Crippen molar-refractivity contribution in [2.75, 3.05) is 27.2 Å². The van der Waals surface area contributed by atoms with Crippen LogP contribution in [0.4, 0.5) is 0 Å². The Morgan fingerprint density at radius 3 is 2.55 bits per heavy atom. The van der Waals surface area contributed by atoms with Gasteiger partial charge in [0.2, 0.25) is 0 Å². The van der Waals surface area contributed by atoms with E-state index in [4.69, 9.17) is 4.74 Å². The van der Waals surface area contributed by atoms with Gasteiger partial charge < -0.3 is 15.0 Å². The molecule has 1 aromatic carbocycles. The van der Waals surface area contributed by atoms with E-state index in [-0.39, 0.29) is 24.4 Å². The van der Waals surface area contributed by atoms with Gasteiger partial charge in [0.15, 0.2) is 6.10 Å². The number of hydrogen-bond acceptors (Lipinski definition) is 3. The van der Waals surface area contributed by atoms with Crippen molar-refractivity contribution in [1.82, 2.24) is 10.2 Å². The summed E-state index contributed by atoms with van der Waals surface area (Å²) < 4.78 is 6.15. The van der Waals surface area contributed by atoms with Gasteiger partial charge in [0.25, 0.3) is 5.91 Å². The molecule has 2 rings (SSSR count). The summed E-state index contributed by atoms with van der Waals surface area (Å²) in [4.78, 5) is 14.5. The van der Waals surface area contributed by atoms with Gasteiger partial charge in [-0.15, -0.1) is 12.4 Å².